The fourth-order valence-electron chi connectivity index (χ4n) is 3.74. The number of aryl methyl sites for hydroxylation is 1. The van der Waals surface area contributed by atoms with Crippen molar-refractivity contribution in [1.29, 1.82) is 0 Å². The van der Waals surface area contributed by atoms with E-state index in [4.69, 9.17) is 0 Å². The van der Waals surface area contributed by atoms with Crippen LogP contribution in [-0.2, 0) is 10.0 Å². The second kappa shape index (κ2) is 11.5. The molecule has 1 atom stereocenters. The van der Waals surface area contributed by atoms with E-state index >= 15 is 0 Å². The summed E-state index contributed by atoms with van der Waals surface area (Å²) in [6, 6.07) is 36.9. The molecular weight excluding hydrogens is 450 g/mol. The summed E-state index contributed by atoms with van der Waals surface area (Å²) in [5.41, 5.74) is 5.03. The third-order valence-electron chi connectivity index (χ3n) is 5.71. The first kappa shape index (κ1) is 24.3. The minimum atomic E-state index is -3.64. The lowest BCUT2D eigenvalue weighted by molar-refractivity contribution is 0.578. The molecule has 1 N–H and O–H groups in total. The average molecular weight is 479 g/mol. The molecule has 4 aromatic carbocycles. The Hall–Kier alpha value is -3.82. The average Bonchev–Trinajstić information content (AvgIpc) is 2.90. The maximum Gasteiger partial charge on any atom is 0.240 e. The largest absolute Gasteiger partial charge is 0.240 e. The zero-order valence-corrected chi connectivity index (χ0v) is 20.5. The van der Waals surface area contributed by atoms with E-state index in [0.29, 0.717) is 0 Å². The lowest BCUT2D eigenvalue weighted by Gasteiger charge is -2.15. The smallest absolute Gasteiger partial charge is 0.210 e. The van der Waals surface area contributed by atoms with Crippen LogP contribution in [0.3, 0.4) is 0 Å². The zero-order valence-electron chi connectivity index (χ0n) is 19.6. The van der Waals surface area contributed by atoms with Crippen LogP contribution < -0.4 is 4.72 Å². The Morgan fingerprint density at radius 3 is 2.00 bits per heavy atom. The van der Waals surface area contributed by atoms with Crippen LogP contribution in [0.2, 0.25) is 0 Å². The summed E-state index contributed by atoms with van der Waals surface area (Å²) in [4.78, 5) is 0.263. The van der Waals surface area contributed by atoms with Gasteiger partial charge in [0.1, 0.15) is 5.56 Å². The zero-order chi connectivity index (χ0) is 24.5. The van der Waals surface area contributed by atoms with Crippen molar-refractivity contribution in [2.24, 2.45) is 0 Å². The molecule has 4 heteroatoms. The molecule has 0 saturated carbocycles. The molecule has 0 fully saturated rings. The maximum atomic E-state index is 13.0. The summed E-state index contributed by atoms with van der Waals surface area (Å²) in [6.07, 6.45) is 7.45. The number of benzene rings is 4. The number of nitrogens with one attached hydrogen (secondary N) is 1. The van der Waals surface area contributed by atoms with E-state index in [9.17, 15) is 8.42 Å². The molecular formula is C31H28NO2S+. The van der Waals surface area contributed by atoms with E-state index in [0.717, 1.165) is 27.8 Å². The predicted octanol–water partition coefficient (Wildman–Crippen LogP) is 6.55. The highest BCUT2D eigenvalue weighted by molar-refractivity contribution is 7.89. The number of sulfonamides is 1. The van der Waals surface area contributed by atoms with Gasteiger partial charge in [-0.05, 0) is 61.0 Å². The molecule has 174 valence electrons. The van der Waals surface area contributed by atoms with Gasteiger partial charge in [0.05, 0.1) is 16.5 Å². The number of hydrogen-bond acceptors (Lipinski definition) is 2. The number of rotatable bonds is 9. The fraction of sp³-hybridized carbons (Fsp3) is 0.0968. The van der Waals surface area contributed by atoms with E-state index in [2.05, 4.69) is 16.9 Å². The summed E-state index contributed by atoms with van der Waals surface area (Å²) >= 11 is 0. The van der Waals surface area contributed by atoms with Gasteiger partial charge < -0.3 is 0 Å². The molecule has 0 bridgehead atoms. The Bertz CT molecular complexity index is 1380. The Kier molecular flexibility index (Phi) is 8.02. The van der Waals surface area contributed by atoms with Crippen molar-refractivity contribution in [2.45, 2.75) is 17.7 Å². The summed E-state index contributed by atoms with van der Waals surface area (Å²) in [7, 11) is -3.64. The second-order valence-corrected chi connectivity index (χ2v) is 10.1. The SMILES string of the molecule is Cc1ccc(S(=O)(=O)NC[C@@H](/C=C(\C=[C+]c2ccccc2)c2ccccc2)c2ccccc2)cc1. The first-order valence-electron chi connectivity index (χ1n) is 11.5. The quantitative estimate of drug-likeness (QED) is 0.219. The summed E-state index contributed by atoms with van der Waals surface area (Å²) in [5.74, 6) is -0.180. The van der Waals surface area contributed by atoms with Gasteiger partial charge in [0.2, 0.25) is 10.0 Å². The van der Waals surface area contributed by atoms with Gasteiger partial charge in [-0.3, -0.25) is 0 Å². The minimum Gasteiger partial charge on any atom is -0.210 e. The molecule has 0 spiro atoms. The van der Waals surface area contributed by atoms with Crippen LogP contribution in [0.1, 0.15) is 28.2 Å². The van der Waals surface area contributed by atoms with Gasteiger partial charge in [-0.25, -0.2) is 13.1 Å². The van der Waals surface area contributed by atoms with Crippen molar-refractivity contribution in [3.63, 3.8) is 0 Å². The second-order valence-electron chi connectivity index (χ2n) is 8.32. The van der Waals surface area contributed by atoms with Crippen LogP contribution in [0.4, 0.5) is 0 Å². The lowest BCUT2D eigenvalue weighted by atomic mass is 9.93. The molecule has 0 aliphatic rings. The Morgan fingerprint density at radius 1 is 0.800 bits per heavy atom. The molecule has 4 aromatic rings. The van der Waals surface area contributed by atoms with Crippen molar-refractivity contribution in [3.05, 3.63) is 156 Å². The monoisotopic (exact) mass is 478 g/mol. The molecule has 0 heterocycles. The third-order valence-corrected chi connectivity index (χ3v) is 7.15. The topological polar surface area (TPSA) is 46.2 Å². The van der Waals surface area contributed by atoms with Crippen molar-refractivity contribution >= 4 is 15.6 Å². The number of hydrogen-bond donors (Lipinski definition) is 1. The summed E-state index contributed by atoms with van der Waals surface area (Å²) in [6.45, 7) is 2.17. The molecule has 35 heavy (non-hydrogen) atoms. The molecule has 0 aliphatic heterocycles. The van der Waals surface area contributed by atoms with Crippen LogP contribution in [0.5, 0.6) is 0 Å². The van der Waals surface area contributed by atoms with Gasteiger partial charge in [-0.15, -0.1) is 0 Å². The van der Waals surface area contributed by atoms with Crippen molar-refractivity contribution in [3.8, 4) is 0 Å². The standard InChI is InChI=1S/C31H28NO2S/c1-25-17-21-31(22-18-25)35(33,34)32-24-30(28-15-9-4-10-16-28)23-29(27-13-7-3-8-14-27)20-19-26-11-5-2-6-12-26/h2-18,20-23,30,32H,24H2,1H3/q+1/b29-23+/t30-/m1/s1. The van der Waals surface area contributed by atoms with E-state index < -0.39 is 10.0 Å². The molecule has 0 saturated heterocycles. The van der Waals surface area contributed by atoms with E-state index in [1.54, 1.807) is 24.3 Å². The molecule has 0 unspecified atom stereocenters. The number of allylic oxidation sites excluding steroid dienone is 2. The van der Waals surface area contributed by atoms with Crippen LogP contribution in [0, 0.1) is 13.0 Å². The lowest BCUT2D eigenvalue weighted by Crippen LogP contribution is -2.28. The van der Waals surface area contributed by atoms with Gasteiger partial charge >= 0.3 is 0 Å². The molecule has 0 aliphatic carbocycles. The van der Waals surface area contributed by atoms with E-state index in [1.807, 2.05) is 104 Å². The normalized spacial score (nSPS) is 12.9. The van der Waals surface area contributed by atoms with Crippen LogP contribution in [-0.4, -0.2) is 15.0 Å². The molecule has 3 nitrogen and oxygen atoms in total. The van der Waals surface area contributed by atoms with Gasteiger partial charge in [-0.2, -0.15) is 0 Å². The van der Waals surface area contributed by atoms with Gasteiger partial charge in [-0.1, -0.05) is 66.2 Å². The highest BCUT2D eigenvalue weighted by Crippen LogP contribution is 2.25. The fourth-order valence-corrected chi connectivity index (χ4v) is 4.80. The van der Waals surface area contributed by atoms with Crippen molar-refractivity contribution in [2.75, 3.05) is 6.54 Å². The highest BCUT2D eigenvalue weighted by Gasteiger charge is 2.19. The predicted molar refractivity (Wildman–Crippen MR) is 143 cm³/mol. The van der Waals surface area contributed by atoms with Gasteiger partial charge in [0.25, 0.3) is 0 Å². The summed E-state index contributed by atoms with van der Waals surface area (Å²) in [5, 5.41) is 0. The molecule has 0 radical (unpaired) electrons. The van der Waals surface area contributed by atoms with E-state index in [1.165, 1.54) is 0 Å². The Labute approximate surface area is 208 Å². The van der Waals surface area contributed by atoms with Crippen LogP contribution in [0.15, 0.2) is 132 Å². The van der Waals surface area contributed by atoms with Crippen LogP contribution >= 0.6 is 0 Å². The first-order valence-corrected chi connectivity index (χ1v) is 13.0. The summed E-state index contributed by atoms with van der Waals surface area (Å²) < 4.78 is 28.8. The van der Waals surface area contributed by atoms with Crippen molar-refractivity contribution in [1.82, 2.24) is 4.72 Å². The molecule has 4 rings (SSSR count). The Morgan fingerprint density at radius 2 is 1.37 bits per heavy atom. The van der Waals surface area contributed by atoms with Gasteiger partial charge in [0, 0.05) is 36.2 Å². The third kappa shape index (κ3) is 6.84. The maximum absolute atomic E-state index is 13.0. The van der Waals surface area contributed by atoms with E-state index in [-0.39, 0.29) is 17.4 Å². The highest BCUT2D eigenvalue weighted by atomic mass is 32.2. The minimum absolute atomic E-state index is 0.180. The van der Waals surface area contributed by atoms with Gasteiger partial charge in [0.15, 0.2) is 0 Å². The molecule has 0 amide bonds. The first-order chi connectivity index (χ1) is 17.0. The molecule has 0 aromatic heterocycles. The van der Waals surface area contributed by atoms with Crippen molar-refractivity contribution < 1.29 is 8.42 Å². The Balaban J connectivity index is 1.68. The van der Waals surface area contributed by atoms with Crippen LogP contribution in [0.25, 0.3) is 5.57 Å².